The third-order valence-electron chi connectivity index (χ3n) is 5.31. The number of aromatic nitrogens is 3. The molecule has 0 aliphatic carbocycles. The van der Waals surface area contributed by atoms with Crippen LogP contribution in [0.1, 0.15) is 6.42 Å². The van der Waals surface area contributed by atoms with Crippen LogP contribution in [0.3, 0.4) is 0 Å². The molecule has 0 unspecified atom stereocenters. The van der Waals surface area contributed by atoms with Gasteiger partial charge < -0.3 is 4.90 Å². The summed E-state index contributed by atoms with van der Waals surface area (Å²) in [7, 11) is -0.310. The number of hydrogen-bond acceptors (Lipinski definition) is 5. The molecule has 0 radical (unpaired) electrons. The Morgan fingerprint density at radius 1 is 0.929 bits per heavy atom. The van der Waals surface area contributed by atoms with E-state index in [9.17, 15) is 13.2 Å². The number of pyridine rings is 1. The molecule has 1 aliphatic heterocycles. The van der Waals surface area contributed by atoms with Crippen molar-refractivity contribution in [3.63, 3.8) is 0 Å². The Bertz CT molecular complexity index is 1170. The summed E-state index contributed by atoms with van der Waals surface area (Å²) in [5, 5.41) is 0. The van der Waals surface area contributed by atoms with Gasteiger partial charge in [-0.15, -0.1) is 0 Å². The van der Waals surface area contributed by atoms with E-state index in [2.05, 4.69) is 9.88 Å². The van der Waals surface area contributed by atoms with E-state index < -0.39 is 10.0 Å². The van der Waals surface area contributed by atoms with Crippen LogP contribution < -0.4 is 10.6 Å². The zero-order chi connectivity index (χ0) is 19.9. The summed E-state index contributed by atoms with van der Waals surface area (Å²) in [4.78, 5) is 18.8. The summed E-state index contributed by atoms with van der Waals surface area (Å²) in [5.74, 6) is 0.863. The van der Waals surface area contributed by atoms with Crippen LogP contribution in [0.4, 0.5) is 5.82 Å². The third-order valence-corrected chi connectivity index (χ3v) is 7.20. The molecule has 0 amide bonds. The van der Waals surface area contributed by atoms with Crippen molar-refractivity contribution in [1.29, 1.82) is 0 Å². The van der Waals surface area contributed by atoms with E-state index in [1.54, 1.807) is 38.5 Å². The molecule has 148 valence electrons. The highest BCUT2D eigenvalue weighted by Crippen LogP contribution is 2.23. The highest BCUT2D eigenvalue weighted by atomic mass is 32.2. The van der Waals surface area contributed by atoms with Crippen molar-refractivity contribution in [2.24, 2.45) is 14.1 Å². The first kappa shape index (κ1) is 18.7. The van der Waals surface area contributed by atoms with Gasteiger partial charge in [0, 0.05) is 46.5 Å². The average molecular weight is 401 g/mol. The lowest BCUT2D eigenvalue weighted by Gasteiger charge is -2.22. The third kappa shape index (κ3) is 3.10. The minimum atomic E-state index is -3.64. The van der Waals surface area contributed by atoms with Crippen molar-refractivity contribution < 1.29 is 8.42 Å². The topological polar surface area (TPSA) is 80.4 Å². The van der Waals surface area contributed by atoms with Gasteiger partial charge in [-0.1, -0.05) is 6.07 Å². The normalized spacial score (nSPS) is 16.4. The number of benzene rings is 1. The Kier molecular flexibility index (Phi) is 4.72. The molecule has 9 heteroatoms. The quantitative estimate of drug-likeness (QED) is 0.658. The highest BCUT2D eigenvalue weighted by Gasteiger charge is 2.28. The summed E-state index contributed by atoms with van der Waals surface area (Å²) in [6, 6.07) is 10.6. The number of rotatable bonds is 3. The standard InChI is InChI=1S/C19H23N5O3S/c1-21-16-8-7-15(14-17(16)22(2)19(21)25)28(26,27)24-11-5-10-23(12-13-24)18-6-3-4-9-20-18/h3-4,6-9,14H,5,10-13H2,1-2H3. The highest BCUT2D eigenvalue weighted by molar-refractivity contribution is 7.89. The van der Waals surface area contributed by atoms with Gasteiger partial charge in [-0.3, -0.25) is 9.13 Å². The second-order valence-electron chi connectivity index (χ2n) is 6.98. The molecule has 0 atom stereocenters. The van der Waals surface area contributed by atoms with Crippen molar-refractivity contribution in [3.8, 4) is 0 Å². The number of fused-ring (bicyclic) bond motifs is 1. The van der Waals surface area contributed by atoms with Gasteiger partial charge in [0.15, 0.2) is 0 Å². The predicted molar refractivity (Wildman–Crippen MR) is 108 cm³/mol. The van der Waals surface area contributed by atoms with Crippen LogP contribution >= 0.6 is 0 Å². The van der Waals surface area contributed by atoms with Crippen LogP contribution in [0, 0.1) is 0 Å². The number of hydrogen-bond donors (Lipinski definition) is 0. The maximum atomic E-state index is 13.2. The average Bonchev–Trinajstić information content (AvgIpc) is 2.91. The smallest absolute Gasteiger partial charge is 0.328 e. The second kappa shape index (κ2) is 7.06. The van der Waals surface area contributed by atoms with E-state index in [-0.39, 0.29) is 10.6 Å². The molecule has 8 nitrogen and oxygen atoms in total. The van der Waals surface area contributed by atoms with Gasteiger partial charge in [-0.25, -0.2) is 18.2 Å². The Morgan fingerprint density at radius 3 is 2.46 bits per heavy atom. The summed E-state index contributed by atoms with van der Waals surface area (Å²) in [5.41, 5.74) is 1.15. The first-order chi connectivity index (χ1) is 13.4. The molecule has 0 N–H and O–H groups in total. The molecule has 0 spiro atoms. The summed E-state index contributed by atoms with van der Waals surface area (Å²) in [6.45, 7) is 2.19. The van der Waals surface area contributed by atoms with Gasteiger partial charge in [0.05, 0.1) is 15.9 Å². The van der Waals surface area contributed by atoms with Crippen LogP contribution in [0.2, 0.25) is 0 Å². The fraction of sp³-hybridized carbons (Fsp3) is 0.368. The van der Waals surface area contributed by atoms with Gasteiger partial charge in [0.1, 0.15) is 5.82 Å². The molecule has 2 aromatic heterocycles. The molecule has 1 aromatic carbocycles. The molecule has 1 saturated heterocycles. The zero-order valence-corrected chi connectivity index (χ0v) is 16.8. The molecule has 1 aliphatic rings. The summed E-state index contributed by atoms with van der Waals surface area (Å²) in [6.07, 6.45) is 2.47. The fourth-order valence-electron chi connectivity index (χ4n) is 3.70. The van der Waals surface area contributed by atoms with Crippen molar-refractivity contribution in [2.45, 2.75) is 11.3 Å². The number of imidazole rings is 1. The van der Waals surface area contributed by atoms with E-state index in [1.165, 1.54) is 13.4 Å². The maximum Gasteiger partial charge on any atom is 0.328 e. The first-order valence-corrected chi connectivity index (χ1v) is 10.7. The molecule has 3 aromatic rings. The lowest BCUT2D eigenvalue weighted by Crippen LogP contribution is -2.35. The monoisotopic (exact) mass is 401 g/mol. The SMILES string of the molecule is Cn1c(=O)n(C)c2cc(S(=O)(=O)N3CCCN(c4ccccn4)CC3)ccc21. The van der Waals surface area contributed by atoms with E-state index in [4.69, 9.17) is 0 Å². The maximum absolute atomic E-state index is 13.2. The van der Waals surface area contributed by atoms with Crippen molar-refractivity contribution in [3.05, 3.63) is 53.1 Å². The van der Waals surface area contributed by atoms with Crippen molar-refractivity contribution in [1.82, 2.24) is 18.4 Å². The second-order valence-corrected chi connectivity index (χ2v) is 8.92. The molecule has 4 rings (SSSR count). The zero-order valence-electron chi connectivity index (χ0n) is 15.9. The predicted octanol–water partition coefficient (Wildman–Crippen LogP) is 1.17. The van der Waals surface area contributed by atoms with Gasteiger partial charge in [0.2, 0.25) is 10.0 Å². The summed E-state index contributed by atoms with van der Waals surface area (Å²) < 4.78 is 31.0. The van der Waals surface area contributed by atoms with Gasteiger partial charge in [0.25, 0.3) is 0 Å². The number of sulfonamides is 1. The number of anilines is 1. The van der Waals surface area contributed by atoms with E-state index in [0.29, 0.717) is 30.7 Å². The Balaban J connectivity index is 1.62. The van der Waals surface area contributed by atoms with Crippen molar-refractivity contribution >= 4 is 26.9 Å². The van der Waals surface area contributed by atoms with Crippen LogP contribution in [-0.2, 0) is 24.1 Å². The van der Waals surface area contributed by atoms with E-state index in [0.717, 1.165) is 18.8 Å². The van der Waals surface area contributed by atoms with E-state index >= 15 is 0 Å². The minimum Gasteiger partial charge on any atom is -0.355 e. The minimum absolute atomic E-state index is 0.176. The molecule has 0 saturated carbocycles. The fourth-order valence-corrected chi connectivity index (χ4v) is 5.19. The van der Waals surface area contributed by atoms with Crippen LogP contribution in [0.25, 0.3) is 11.0 Å². The molecule has 0 bridgehead atoms. The molecular formula is C19H23N5O3S. The van der Waals surface area contributed by atoms with Crippen molar-refractivity contribution in [2.75, 3.05) is 31.1 Å². The molecular weight excluding hydrogens is 378 g/mol. The van der Waals surface area contributed by atoms with E-state index in [1.807, 2.05) is 18.2 Å². The Hall–Kier alpha value is -2.65. The number of aryl methyl sites for hydroxylation is 2. The Morgan fingerprint density at radius 2 is 1.71 bits per heavy atom. The molecule has 1 fully saturated rings. The summed E-state index contributed by atoms with van der Waals surface area (Å²) >= 11 is 0. The first-order valence-electron chi connectivity index (χ1n) is 9.21. The van der Waals surface area contributed by atoms with Gasteiger partial charge in [-0.2, -0.15) is 4.31 Å². The molecule has 28 heavy (non-hydrogen) atoms. The van der Waals surface area contributed by atoms with Gasteiger partial charge >= 0.3 is 5.69 Å². The largest absolute Gasteiger partial charge is 0.355 e. The van der Waals surface area contributed by atoms with Crippen LogP contribution in [-0.4, -0.2) is 53.0 Å². The lowest BCUT2D eigenvalue weighted by molar-refractivity contribution is 0.433. The lowest BCUT2D eigenvalue weighted by atomic mass is 10.3. The van der Waals surface area contributed by atoms with Gasteiger partial charge in [-0.05, 0) is 36.8 Å². The molecule has 3 heterocycles. The Labute approximate surface area is 163 Å². The number of nitrogens with zero attached hydrogens (tertiary/aromatic N) is 5. The van der Waals surface area contributed by atoms with Crippen LogP contribution in [0.5, 0.6) is 0 Å². The van der Waals surface area contributed by atoms with Crippen LogP contribution in [0.15, 0.2) is 52.3 Å².